The van der Waals surface area contributed by atoms with Gasteiger partial charge in [-0.3, -0.25) is 4.98 Å². The molecule has 1 fully saturated rings. The summed E-state index contributed by atoms with van der Waals surface area (Å²) < 4.78 is 5.75. The van der Waals surface area contributed by atoms with E-state index >= 15 is 0 Å². The summed E-state index contributed by atoms with van der Waals surface area (Å²) in [4.78, 5) is 4.35. The van der Waals surface area contributed by atoms with E-state index in [-0.39, 0.29) is 5.41 Å². The number of benzene rings is 1. The normalized spacial score (nSPS) is 16.2. The van der Waals surface area contributed by atoms with Gasteiger partial charge in [-0.05, 0) is 68.2 Å². The zero-order valence-electron chi connectivity index (χ0n) is 13.8. The van der Waals surface area contributed by atoms with Crippen LogP contribution in [-0.4, -0.2) is 18.1 Å². The first-order chi connectivity index (χ1) is 12.1. The number of aromatic nitrogens is 1. The molecule has 1 aromatic heterocycles. The number of nitrogens with zero attached hydrogens (tertiary/aromatic N) is 2. The van der Waals surface area contributed by atoms with Crippen LogP contribution in [0, 0.1) is 16.7 Å². The molecule has 1 aromatic carbocycles. The fraction of sp³-hybridized carbons (Fsp3) is 0.368. The molecule has 0 aliphatic carbocycles. The molecule has 0 atom stereocenters. The first-order valence-corrected chi connectivity index (χ1v) is 8.99. The van der Waals surface area contributed by atoms with Crippen LogP contribution < -0.4 is 10.1 Å². The molecule has 4 nitrogen and oxygen atoms in total. The van der Waals surface area contributed by atoms with Crippen LogP contribution >= 0.6 is 23.2 Å². The van der Waals surface area contributed by atoms with Gasteiger partial charge in [-0.2, -0.15) is 5.26 Å². The van der Waals surface area contributed by atoms with E-state index in [4.69, 9.17) is 27.9 Å². The fourth-order valence-corrected chi connectivity index (χ4v) is 3.55. The van der Waals surface area contributed by atoms with E-state index in [0.29, 0.717) is 22.4 Å². The number of piperidine rings is 1. The molecule has 1 aliphatic heterocycles. The fourth-order valence-electron chi connectivity index (χ4n) is 3.09. The Kier molecular flexibility index (Phi) is 5.80. The first kappa shape index (κ1) is 18.0. The van der Waals surface area contributed by atoms with Gasteiger partial charge in [0.05, 0.1) is 22.2 Å². The third-order valence-electron chi connectivity index (χ3n) is 4.49. The third-order valence-corrected chi connectivity index (χ3v) is 5.02. The zero-order valence-corrected chi connectivity index (χ0v) is 15.3. The topological polar surface area (TPSA) is 57.9 Å². The molecule has 2 heterocycles. The van der Waals surface area contributed by atoms with Gasteiger partial charge in [0.2, 0.25) is 0 Å². The van der Waals surface area contributed by atoms with Gasteiger partial charge in [-0.1, -0.05) is 23.2 Å². The molecule has 0 unspecified atom stereocenters. The van der Waals surface area contributed by atoms with E-state index in [2.05, 4.69) is 16.4 Å². The zero-order chi connectivity index (χ0) is 17.7. The number of hydrogen-bond acceptors (Lipinski definition) is 4. The summed E-state index contributed by atoms with van der Waals surface area (Å²) in [5.41, 5.74) is 1.63. The van der Waals surface area contributed by atoms with E-state index in [1.807, 2.05) is 12.1 Å². The Morgan fingerprint density at radius 2 is 2.00 bits per heavy atom. The Morgan fingerprint density at radius 1 is 1.20 bits per heavy atom. The standard InChI is InChI=1S/C19H19Cl2N3O/c20-15-1-2-18(17(21)10-15)25-12-16-9-14(3-6-24-16)11-19(13-22)4-7-23-8-5-19/h1-3,6,9-10,23H,4-5,7-8,11-12H2. The predicted molar refractivity (Wildman–Crippen MR) is 98.9 cm³/mol. The van der Waals surface area contributed by atoms with Crippen molar-refractivity contribution >= 4 is 23.2 Å². The van der Waals surface area contributed by atoms with E-state index in [0.717, 1.165) is 43.6 Å². The molecule has 130 valence electrons. The molecule has 0 saturated carbocycles. The second-order valence-electron chi connectivity index (χ2n) is 6.34. The lowest BCUT2D eigenvalue weighted by Gasteiger charge is -2.31. The minimum Gasteiger partial charge on any atom is -0.486 e. The summed E-state index contributed by atoms with van der Waals surface area (Å²) in [7, 11) is 0. The maximum atomic E-state index is 9.63. The summed E-state index contributed by atoms with van der Waals surface area (Å²) in [5.74, 6) is 0.574. The number of hydrogen-bond donors (Lipinski definition) is 1. The first-order valence-electron chi connectivity index (χ1n) is 8.24. The van der Waals surface area contributed by atoms with Crippen molar-refractivity contribution in [3.8, 4) is 11.8 Å². The van der Waals surface area contributed by atoms with E-state index in [1.54, 1.807) is 24.4 Å². The van der Waals surface area contributed by atoms with Gasteiger partial charge >= 0.3 is 0 Å². The highest BCUT2D eigenvalue weighted by Gasteiger charge is 2.32. The molecular formula is C19H19Cl2N3O. The molecule has 0 spiro atoms. The van der Waals surface area contributed by atoms with Crippen LogP contribution in [0.1, 0.15) is 24.1 Å². The van der Waals surface area contributed by atoms with Crippen molar-refractivity contribution in [3.05, 3.63) is 57.8 Å². The lowest BCUT2D eigenvalue weighted by molar-refractivity contribution is 0.279. The Hall–Kier alpha value is -1.80. The highest BCUT2D eigenvalue weighted by atomic mass is 35.5. The molecular weight excluding hydrogens is 357 g/mol. The minimum absolute atomic E-state index is 0.287. The molecule has 3 rings (SSSR count). The minimum atomic E-state index is -0.287. The Balaban J connectivity index is 1.68. The summed E-state index contributed by atoms with van der Waals surface area (Å²) >= 11 is 12.0. The highest BCUT2D eigenvalue weighted by molar-refractivity contribution is 6.35. The Labute approximate surface area is 157 Å². The van der Waals surface area contributed by atoms with Crippen molar-refractivity contribution in [1.82, 2.24) is 10.3 Å². The third kappa shape index (κ3) is 4.64. The number of halogens is 2. The van der Waals surface area contributed by atoms with Crippen LogP contribution in [0.2, 0.25) is 10.0 Å². The van der Waals surface area contributed by atoms with Crippen LogP contribution in [-0.2, 0) is 13.0 Å². The number of ether oxygens (including phenoxy) is 1. The quantitative estimate of drug-likeness (QED) is 0.840. The molecule has 0 radical (unpaired) electrons. The van der Waals surface area contributed by atoms with Crippen molar-refractivity contribution in [2.75, 3.05) is 13.1 Å². The van der Waals surface area contributed by atoms with Crippen molar-refractivity contribution in [3.63, 3.8) is 0 Å². The molecule has 1 saturated heterocycles. The largest absolute Gasteiger partial charge is 0.486 e. The van der Waals surface area contributed by atoms with Crippen molar-refractivity contribution in [2.24, 2.45) is 5.41 Å². The smallest absolute Gasteiger partial charge is 0.138 e. The van der Waals surface area contributed by atoms with Gasteiger partial charge < -0.3 is 10.1 Å². The number of nitrogens with one attached hydrogen (secondary N) is 1. The molecule has 0 amide bonds. The average Bonchev–Trinajstić information content (AvgIpc) is 2.62. The monoisotopic (exact) mass is 375 g/mol. The van der Waals surface area contributed by atoms with Gasteiger partial charge in [-0.25, -0.2) is 0 Å². The van der Waals surface area contributed by atoms with Crippen LogP contribution in [0.4, 0.5) is 0 Å². The van der Waals surface area contributed by atoms with Crippen LogP contribution in [0.25, 0.3) is 0 Å². The Bertz CT molecular complexity index is 782. The van der Waals surface area contributed by atoms with Crippen LogP contribution in [0.5, 0.6) is 5.75 Å². The number of rotatable bonds is 5. The van der Waals surface area contributed by atoms with Crippen molar-refractivity contribution in [2.45, 2.75) is 25.9 Å². The molecule has 6 heteroatoms. The molecule has 1 aliphatic rings. The molecule has 1 N–H and O–H groups in total. The van der Waals surface area contributed by atoms with Gasteiger partial charge in [-0.15, -0.1) is 0 Å². The SMILES string of the molecule is N#CC1(Cc2ccnc(COc3ccc(Cl)cc3Cl)c2)CCNCC1. The summed E-state index contributed by atoms with van der Waals surface area (Å²) in [5, 5.41) is 14.0. The van der Waals surface area contributed by atoms with Gasteiger partial charge in [0, 0.05) is 11.2 Å². The van der Waals surface area contributed by atoms with E-state index < -0.39 is 0 Å². The second-order valence-corrected chi connectivity index (χ2v) is 7.18. The number of pyridine rings is 1. The summed E-state index contributed by atoms with van der Waals surface area (Å²) in [6, 6.07) is 11.6. The predicted octanol–water partition coefficient (Wildman–Crippen LogP) is 4.40. The van der Waals surface area contributed by atoms with E-state index in [9.17, 15) is 5.26 Å². The highest BCUT2D eigenvalue weighted by Crippen LogP contribution is 2.32. The second kappa shape index (κ2) is 8.05. The van der Waals surface area contributed by atoms with Gasteiger partial charge in [0.25, 0.3) is 0 Å². The maximum Gasteiger partial charge on any atom is 0.138 e. The van der Waals surface area contributed by atoms with Crippen molar-refractivity contribution < 1.29 is 4.74 Å². The average molecular weight is 376 g/mol. The maximum absolute atomic E-state index is 9.63. The molecule has 2 aromatic rings. The van der Waals surface area contributed by atoms with Crippen LogP contribution in [0.15, 0.2) is 36.5 Å². The molecule has 25 heavy (non-hydrogen) atoms. The lowest BCUT2D eigenvalue weighted by atomic mass is 9.75. The Morgan fingerprint density at radius 3 is 2.72 bits per heavy atom. The molecule has 0 bridgehead atoms. The van der Waals surface area contributed by atoms with Gasteiger partial charge in [0.15, 0.2) is 0 Å². The summed E-state index contributed by atoms with van der Waals surface area (Å²) in [6.45, 7) is 2.10. The van der Waals surface area contributed by atoms with E-state index in [1.165, 1.54) is 0 Å². The number of nitriles is 1. The van der Waals surface area contributed by atoms with Crippen molar-refractivity contribution in [1.29, 1.82) is 5.26 Å². The van der Waals surface area contributed by atoms with Crippen LogP contribution in [0.3, 0.4) is 0 Å². The summed E-state index contributed by atoms with van der Waals surface area (Å²) in [6.07, 6.45) is 4.25. The van der Waals surface area contributed by atoms with Gasteiger partial charge in [0.1, 0.15) is 12.4 Å². The lowest BCUT2D eigenvalue weighted by Crippen LogP contribution is -2.37.